The van der Waals surface area contributed by atoms with Gasteiger partial charge >= 0.3 is 5.97 Å². The molecule has 2 aromatic carbocycles. The molecule has 7 heteroatoms. The number of amides is 2. The zero-order valence-electron chi connectivity index (χ0n) is 18.3. The predicted octanol–water partition coefficient (Wildman–Crippen LogP) is 3.44. The number of fused-ring (bicyclic) bond motifs is 5. The van der Waals surface area contributed by atoms with Gasteiger partial charge in [-0.3, -0.25) is 14.4 Å². The van der Waals surface area contributed by atoms with Gasteiger partial charge in [-0.2, -0.15) is 0 Å². The summed E-state index contributed by atoms with van der Waals surface area (Å²) in [5.41, 5.74) is 2.07. The van der Waals surface area contributed by atoms with Crippen LogP contribution in [0.3, 0.4) is 0 Å². The number of benzene rings is 2. The van der Waals surface area contributed by atoms with Crippen molar-refractivity contribution in [3.8, 4) is 5.75 Å². The Labute approximate surface area is 191 Å². The van der Waals surface area contributed by atoms with Crippen LogP contribution >= 0.6 is 0 Å². The first-order valence-electron chi connectivity index (χ1n) is 10.9. The summed E-state index contributed by atoms with van der Waals surface area (Å²) in [5, 5.41) is 0. The van der Waals surface area contributed by atoms with E-state index >= 15 is 0 Å². The fourth-order valence-corrected chi connectivity index (χ4v) is 5.40. The lowest BCUT2D eigenvalue weighted by Crippen LogP contribution is -2.33. The minimum atomic E-state index is -0.704. The maximum absolute atomic E-state index is 13.1. The molecule has 168 valence electrons. The molecule has 2 bridgehead atoms. The molecule has 0 radical (unpaired) electrons. The van der Waals surface area contributed by atoms with Crippen LogP contribution in [-0.2, 0) is 14.3 Å². The minimum absolute atomic E-state index is 0.109. The molecule has 2 aromatic rings. The van der Waals surface area contributed by atoms with Gasteiger partial charge in [-0.1, -0.05) is 29.8 Å². The lowest BCUT2D eigenvalue weighted by atomic mass is 9.82. The van der Waals surface area contributed by atoms with Crippen LogP contribution in [0.25, 0.3) is 0 Å². The van der Waals surface area contributed by atoms with Crippen LogP contribution in [0.2, 0.25) is 0 Å². The Bertz CT molecular complexity index is 1210. The molecule has 0 N–H and O–H groups in total. The van der Waals surface area contributed by atoms with E-state index in [0.717, 1.165) is 6.42 Å². The van der Waals surface area contributed by atoms with Gasteiger partial charge in [0.25, 0.3) is 0 Å². The van der Waals surface area contributed by atoms with E-state index in [1.165, 1.54) is 29.7 Å². The van der Waals surface area contributed by atoms with Gasteiger partial charge in [-0.25, -0.2) is 9.69 Å². The van der Waals surface area contributed by atoms with Crippen molar-refractivity contribution in [2.45, 2.75) is 13.3 Å². The Morgan fingerprint density at radius 2 is 1.73 bits per heavy atom. The van der Waals surface area contributed by atoms with Crippen LogP contribution in [0.4, 0.5) is 5.69 Å². The smallest absolute Gasteiger partial charge is 0.338 e. The number of hydrogen-bond donors (Lipinski definition) is 0. The summed E-state index contributed by atoms with van der Waals surface area (Å²) in [7, 11) is 1.50. The first-order chi connectivity index (χ1) is 15.9. The largest absolute Gasteiger partial charge is 0.497 e. The molecule has 1 aliphatic heterocycles. The zero-order valence-corrected chi connectivity index (χ0v) is 18.3. The van der Waals surface area contributed by atoms with Gasteiger partial charge in [-0.15, -0.1) is 0 Å². The van der Waals surface area contributed by atoms with Crippen LogP contribution < -0.4 is 9.64 Å². The summed E-state index contributed by atoms with van der Waals surface area (Å²) in [5.74, 6) is -1.35. The Morgan fingerprint density at radius 1 is 1.00 bits per heavy atom. The van der Waals surface area contributed by atoms with E-state index in [2.05, 4.69) is 6.08 Å². The Balaban J connectivity index is 1.30. The highest BCUT2D eigenvalue weighted by molar-refractivity contribution is 6.23. The molecule has 7 nitrogen and oxygen atoms in total. The number of esters is 1. The van der Waals surface area contributed by atoms with Crippen molar-refractivity contribution in [3.63, 3.8) is 0 Å². The number of carbonyl (C=O) groups is 4. The average molecular weight is 445 g/mol. The Kier molecular flexibility index (Phi) is 5.12. The second-order valence-corrected chi connectivity index (χ2v) is 8.76. The molecule has 0 unspecified atom stereocenters. The maximum atomic E-state index is 13.1. The van der Waals surface area contributed by atoms with Crippen molar-refractivity contribution in [2.24, 2.45) is 23.7 Å². The lowest BCUT2D eigenvalue weighted by molar-refractivity contribution is -0.123. The van der Waals surface area contributed by atoms with Crippen LogP contribution in [0, 0.1) is 23.7 Å². The quantitative estimate of drug-likeness (QED) is 0.293. The third-order valence-electron chi connectivity index (χ3n) is 6.95. The number of allylic oxidation sites excluding steroid dienone is 2. The maximum Gasteiger partial charge on any atom is 0.338 e. The highest BCUT2D eigenvalue weighted by atomic mass is 16.5. The molecular weight excluding hydrogens is 422 g/mol. The molecule has 33 heavy (non-hydrogen) atoms. The number of methoxy groups -OCH3 is 1. The van der Waals surface area contributed by atoms with Gasteiger partial charge in [0.1, 0.15) is 5.75 Å². The molecule has 2 aliphatic carbocycles. The number of imide groups is 1. The van der Waals surface area contributed by atoms with Crippen LogP contribution in [0.5, 0.6) is 5.75 Å². The van der Waals surface area contributed by atoms with Gasteiger partial charge in [0.05, 0.1) is 30.2 Å². The normalized spacial score (nSPS) is 25.2. The molecule has 2 amide bonds. The van der Waals surface area contributed by atoms with Crippen LogP contribution in [0.1, 0.15) is 34.1 Å². The number of hydrogen-bond acceptors (Lipinski definition) is 6. The van der Waals surface area contributed by atoms with E-state index in [0.29, 0.717) is 17.0 Å². The fourth-order valence-electron chi connectivity index (χ4n) is 5.40. The molecule has 3 aliphatic rings. The van der Waals surface area contributed by atoms with E-state index in [-0.39, 0.29) is 46.8 Å². The summed E-state index contributed by atoms with van der Waals surface area (Å²) in [6, 6.07) is 12.8. The molecule has 1 saturated carbocycles. The number of carbonyl (C=O) groups excluding carboxylic acids is 4. The van der Waals surface area contributed by atoms with Gasteiger partial charge in [0, 0.05) is 5.56 Å². The fraction of sp³-hybridized carbons (Fsp3) is 0.308. The van der Waals surface area contributed by atoms with E-state index in [4.69, 9.17) is 9.47 Å². The monoisotopic (exact) mass is 445 g/mol. The van der Waals surface area contributed by atoms with Gasteiger partial charge < -0.3 is 9.47 Å². The van der Waals surface area contributed by atoms with Crippen LogP contribution in [0.15, 0.2) is 60.2 Å². The SMILES string of the molecule is COc1cccc(C(=O)COC(=O)c2cccc(N3C(=O)[C@@H]4[C@H](C3=O)[C@H]3C=C(C)[C@H]4C3)c2)c1. The highest BCUT2D eigenvalue weighted by Crippen LogP contribution is 2.55. The summed E-state index contributed by atoms with van der Waals surface area (Å²) < 4.78 is 10.3. The summed E-state index contributed by atoms with van der Waals surface area (Å²) >= 11 is 0. The van der Waals surface area contributed by atoms with Gasteiger partial charge in [-0.05, 0) is 55.5 Å². The van der Waals surface area contributed by atoms with Crippen molar-refractivity contribution in [1.29, 1.82) is 0 Å². The zero-order chi connectivity index (χ0) is 23.3. The Hall–Kier alpha value is -3.74. The predicted molar refractivity (Wildman–Crippen MR) is 119 cm³/mol. The molecular formula is C26H23NO6. The van der Waals surface area contributed by atoms with Crippen molar-refractivity contribution < 1.29 is 28.7 Å². The average Bonchev–Trinajstić information content (AvgIpc) is 3.47. The van der Waals surface area contributed by atoms with Gasteiger partial charge in [0.15, 0.2) is 12.4 Å². The van der Waals surface area contributed by atoms with E-state index in [1.54, 1.807) is 36.4 Å². The number of Topliss-reactive ketones (excluding diaryl/α,β-unsaturated/α-hetero) is 1. The molecule has 4 atom stereocenters. The number of ketones is 1. The second kappa shape index (κ2) is 7.99. The minimum Gasteiger partial charge on any atom is -0.497 e. The summed E-state index contributed by atoms with van der Waals surface area (Å²) in [6.07, 6.45) is 2.98. The third-order valence-corrected chi connectivity index (χ3v) is 6.95. The molecule has 2 fully saturated rings. The molecule has 0 spiro atoms. The summed E-state index contributed by atoms with van der Waals surface area (Å²) in [4.78, 5) is 52.4. The van der Waals surface area contributed by atoms with Crippen molar-refractivity contribution in [2.75, 3.05) is 18.6 Å². The highest BCUT2D eigenvalue weighted by Gasteiger charge is 2.60. The van der Waals surface area contributed by atoms with Crippen molar-refractivity contribution >= 4 is 29.3 Å². The van der Waals surface area contributed by atoms with E-state index in [1.807, 2.05) is 6.92 Å². The molecule has 1 heterocycles. The van der Waals surface area contributed by atoms with Crippen molar-refractivity contribution in [3.05, 3.63) is 71.3 Å². The second-order valence-electron chi connectivity index (χ2n) is 8.76. The lowest BCUT2D eigenvalue weighted by Gasteiger charge is -2.19. The topological polar surface area (TPSA) is 90.0 Å². The first-order valence-corrected chi connectivity index (χ1v) is 10.9. The molecule has 5 rings (SSSR count). The summed E-state index contributed by atoms with van der Waals surface area (Å²) in [6.45, 7) is 1.58. The van der Waals surface area contributed by atoms with E-state index < -0.39 is 12.6 Å². The molecule has 0 aromatic heterocycles. The van der Waals surface area contributed by atoms with Crippen LogP contribution in [-0.4, -0.2) is 37.3 Å². The molecule has 1 saturated heterocycles. The number of nitrogens with zero attached hydrogens (tertiary/aromatic N) is 1. The Morgan fingerprint density at radius 3 is 2.52 bits per heavy atom. The third kappa shape index (κ3) is 3.44. The van der Waals surface area contributed by atoms with E-state index in [9.17, 15) is 19.2 Å². The first kappa shape index (κ1) is 21.1. The number of anilines is 1. The number of rotatable bonds is 6. The van der Waals surface area contributed by atoms with Gasteiger partial charge in [0.2, 0.25) is 11.8 Å². The standard InChI is InChI=1S/C26H23NO6/c1-14-9-17-12-20(14)23-22(17)24(29)27(25(23)30)18-7-3-6-16(10-18)26(31)33-13-21(28)15-5-4-8-19(11-15)32-2/h3-11,17,20,22-23H,12-13H2,1-2H3/t17-,20+,22+,23-/m0/s1. The number of ether oxygens (including phenoxy) is 2. The van der Waals surface area contributed by atoms with Crippen molar-refractivity contribution in [1.82, 2.24) is 0 Å².